The van der Waals surface area contributed by atoms with Gasteiger partial charge in [0.05, 0.1) is 5.60 Å². The van der Waals surface area contributed by atoms with E-state index in [0.29, 0.717) is 12.6 Å². The van der Waals surface area contributed by atoms with E-state index < -0.39 is 5.60 Å². The maximum atomic E-state index is 10.0. The number of aliphatic hydroxyl groups is 1. The lowest BCUT2D eigenvalue weighted by atomic mass is 10.0. The average molecular weight is 262 g/mol. The van der Waals surface area contributed by atoms with E-state index in [9.17, 15) is 5.11 Å². The van der Waals surface area contributed by atoms with E-state index in [1.54, 1.807) is 0 Å². The van der Waals surface area contributed by atoms with Gasteiger partial charge >= 0.3 is 0 Å². The largest absolute Gasteiger partial charge is 0.389 e. The summed E-state index contributed by atoms with van der Waals surface area (Å²) in [7, 11) is 0. The quantitative estimate of drug-likeness (QED) is 0.855. The van der Waals surface area contributed by atoms with Crippen molar-refractivity contribution in [2.24, 2.45) is 0 Å². The number of anilines is 1. The van der Waals surface area contributed by atoms with E-state index in [4.69, 9.17) is 0 Å². The van der Waals surface area contributed by atoms with Crippen molar-refractivity contribution in [3.8, 4) is 0 Å². The molecule has 1 saturated heterocycles. The molecule has 0 radical (unpaired) electrons. The molecule has 0 amide bonds. The summed E-state index contributed by atoms with van der Waals surface area (Å²) in [6.45, 7) is 6.81. The van der Waals surface area contributed by atoms with Crippen molar-refractivity contribution in [1.82, 2.24) is 5.32 Å². The Hall–Kier alpha value is -1.06. The molecule has 2 rings (SSSR count). The normalized spacial score (nSPS) is 20.3. The first-order chi connectivity index (χ1) is 9.11. The van der Waals surface area contributed by atoms with Gasteiger partial charge in [0.1, 0.15) is 0 Å². The van der Waals surface area contributed by atoms with Gasteiger partial charge in [-0.3, -0.25) is 0 Å². The summed E-state index contributed by atoms with van der Waals surface area (Å²) >= 11 is 0. The van der Waals surface area contributed by atoms with E-state index in [2.05, 4.69) is 40.5 Å². The molecule has 1 heterocycles. The van der Waals surface area contributed by atoms with E-state index in [0.717, 1.165) is 32.4 Å². The van der Waals surface area contributed by atoms with Gasteiger partial charge in [-0.25, -0.2) is 0 Å². The highest BCUT2D eigenvalue weighted by Gasteiger charge is 2.22. The van der Waals surface area contributed by atoms with Crippen molar-refractivity contribution >= 4 is 5.69 Å². The van der Waals surface area contributed by atoms with Gasteiger partial charge in [-0.1, -0.05) is 25.1 Å². The van der Waals surface area contributed by atoms with Crippen molar-refractivity contribution in [3.63, 3.8) is 0 Å². The molecule has 0 bridgehead atoms. The molecule has 0 aromatic heterocycles. The lowest BCUT2D eigenvalue weighted by Crippen LogP contribution is -2.47. The second kappa shape index (κ2) is 6.40. The van der Waals surface area contributed by atoms with Crippen molar-refractivity contribution in [2.45, 2.75) is 44.8 Å². The maximum absolute atomic E-state index is 10.0. The number of hydrogen-bond acceptors (Lipinski definition) is 3. The molecule has 1 aromatic rings. The summed E-state index contributed by atoms with van der Waals surface area (Å²) in [6.07, 6.45) is 3.09. The molecule has 19 heavy (non-hydrogen) atoms. The summed E-state index contributed by atoms with van der Waals surface area (Å²) in [5.41, 5.74) is 0.748. The van der Waals surface area contributed by atoms with Crippen LogP contribution in [0.15, 0.2) is 30.3 Å². The van der Waals surface area contributed by atoms with Crippen LogP contribution in [0.5, 0.6) is 0 Å². The lowest BCUT2D eigenvalue weighted by Gasteiger charge is -2.35. The van der Waals surface area contributed by atoms with Crippen LogP contribution in [0.4, 0.5) is 5.69 Å². The molecular weight excluding hydrogens is 236 g/mol. The second-order valence-electron chi connectivity index (χ2n) is 5.83. The first-order valence-corrected chi connectivity index (χ1v) is 7.36. The molecule has 2 N–H and O–H groups in total. The fraction of sp³-hybridized carbons (Fsp3) is 0.625. The topological polar surface area (TPSA) is 35.5 Å². The predicted molar refractivity (Wildman–Crippen MR) is 80.6 cm³/mol. The minimum Gasteiger partial charge on any atom is -0.389 e. The van der Waals surface area contributed by atoms with Crippen LogP contribution in [0.1, 0.15) is 33.1 Å². The fourth-order valence-electron chi connectivity index (χ4n) is 2.47. The molecule has 1 aliphatic heterocycles. The fourth-order valence-corrected chi connectivity index (χ4v) is 2.47. The van der Waals surface area contributed by atoms with Gasteiger partial charge in [0.2, 0.25) is 0 Å². The Morgan fingerprint density at radius 1 is 1.26 bits per heavy atom. The first-order valence-electron chi connectivity index (χ1n) is 7.36. The van der Waals surface area contributed by atoms with Crippen LogP contribution in [-0.2, 0) is 0 Å². The summed E-state index contributed by atoms with van der Waals surface area (Å²) in [4.78, 5) is 2.44. The van der Waals surface area contributed by atoms with Crippen LogP contribution in [0.3, 0.4) is 0 Å². The standard InChI is InChI=1S/C16H26N2O/c1-3-16(2,19)13-17-14-9-11-18(12-10-14)15-7-5-4-6-8-15/h4-8,14,17,19H,3,9-13H2,1-2H3. The molecule has 1 atom stereocenters. The Bertz CT molecular complexity index is 370. The highest BCUT2D eigenvalue weighted by atomic mass is 16.3. The molecule has 1 aromatic carbocycles. The first kappa shape index (κ1) is 14.4. The summed E-state index contributed by atoms with van der Waals surface area (Å²) in [5.74, 6) is 0. The van der Waals surface area contributed by atoms with Crippen molar-refractivity contribution < 1.29 is 5.11 Å². The Balaban J connectivity index is 1.77. The SMILES string of the molecule is CCC(C)(O)CNC1CCN(c2ccccc2)CC1. The number of nitrogens with zero attached hydrogens (tertiary/aromatic N) is 1. The van der Waals surface area contributed by atoms with Crippen LogP contribution in [0.25, 0.3) is 0 Å². The third kappa shape index (κ3) is 4.22. The van der Waals surface area contributed by atoms with Crippen molar-refractivity contribution in [1.29, 1.82) is 0 Å². The third-order valence-corrected chi connectivity index (χ3v) is 4.15. The minimum atomic E-state index is -0.573. The molecule has 1 unspecified atom stereocenters. The third-order valence-electron chi connectivity index (χ3n) is 4.15. The minimum absolute atomic E-state index is 0.540. The second-order valence-corrected chi connectivity index (χ2v) is 5.83. The van der Waals surface area contributed by atoms with Gasteiger partial charge < -0.3 is 15.3 Å². The van der Waals surface area contributed by atoms with Gasteiger partial charge in [0, 0.05) is 31.4 Å². The molecule has 3 heteroatoms. The Morgan fingerprint density at radius 3 is 2.47 bits per heavy atom. The number of benzene rings is 1. The number of piperidine rings is 1. The van der Waals surface area contributed by atoms with E-state index in [1.807, 2.05) is 13.8 Å². The number of rotatable bonds is 5. The lowest BCUT2D eigenvalue weighted by molar-refractivity contribution is 0.0519. The monoisotopic (exact) mass is 262 g/mol. The Kier molecular flexibility index (Phi) is 4.83. The van der Waals surface area contributed by atoms with E-state index in [-0.39, 0.29) is 0 Å². The van der Waals surface area contributed by atoms with Gasteiger partial charge in [0.15, 0.2) is 0 Å². The maximum Gasteiger partial charge on any atom is 0.0741 e. The summed E-state index contributed by atoms with van der Waals surface area (Å²) in [6, 6.07) is 11.1. The van der Waals surface area contributed by atoms with Crippen LogP contribution in [0.2, 0.25) is 0 Å². The Labute approximate surface area is 116 Å². The molecule has 0 aliphatic carbocycles. The van der Waals surface area contributed by atoms with Gasteiger partial charge in [-0.05, 0) is 38.3 Å². The Morgan fingerprint density at radius 2 is 1.89 bits per heavy atom. The number of nitrogens with one attached hydrogen (secondary N) is 1. The predicted octanol–water partition coefficient (Wildman–Crippen LogP) is 2.41. The highest BCUT2D eigenvalue weighted by Crippen LogP contribution is 2.19. The van der Waals surface area contributed by atoms with Crippen molar-refractivity contribution in [3.05, 3.63) is 30.3 Å². The summed E-state index contributed by atoms with van der Waals surface area (Å²) in [5, 5.41) is 13.5. The highest BCUT2D eigenvalue weighted by molar-refractivity contribution is 5.46. The number of hydrogen-bond donors (Lipinski definition) is 2. The molecule has 106 valence electrons. The van der Waals surface area contributed by atoms with E-state index >= 15 is 0 Å². The van der Waals surface area contributed by atoms with Crippen LogP contribution >= 0.6 is 0 Å². The molecule has 1 aliphatic rings. The number of para-hydroxylation sites is 1. The van der Waals surface area contributed by atoms with Gasteiger partial charge in [-0.2, -0.15) is 0 Å². The summed E-state index contributed by atoms with van der Waals surface area (Å²) < 4.78 is 0. The van der Waals surface area contributed by atoms with E-state index in [1.165, 1.54) is 5.69 Å². The van der Waals surface area contributed by atoms with Gasteiger partial charge in [0.25, 0.3) is 0 Å². The van der Waals surface area contributed by atoms with Crippen LogP contribution < -0.4 is 10.2 Å². The van der Waals surface area contributed by atoms with Crippen LogP contribution in [-0.4, -0.2) is 36.4 Å². The molecule has 0 spiro atoms. The van der Waals surface area contributed by atoms with Crippen molar-refractivity contribution in [2.75, 3.05) is 24.5 Å². The molecule has 1 fully saturated rings. The molecule has 0 saturated carbocycles. The van der Waals surface area contributed by atoms with Gasteiger partial charge in [-0.15, -0.1) is 0 Å². The zero-order valence-corrected chi connectivity index (χ0v) is 12.1. The zero-order chi connectivity index (χ0) is 13.7. The molecular formula is C16H26N2O. The average Bonchev–Trinajstić information content (AvgIpc) is 2.47. The molecule has 3 nitrogen and oxygen atoms in total. The van der Waals surface area contributed by atoms with Crippen LogP contribution in [0, 0.1) is 0 Å². The smallest absolute Gasteiger partial charge is 0.0741 e. The zero-order valence-electron chi connectivity index (χ0n) is 12.1.